The van der Waals surface area contributed by atoms with Crippen molar-refractivity contribution >= 4 is 0 Å². The maximum Gasteiger partial charge on any atom is 0.219 e. The van der Waals surface area contributed by atoms with Gasteiger partial charge in [0.05, 0.1) is 0 Å². The van der Waals surface area contributed by atoms with Crippen LogP contribution in [0.5, 0.6) is 0 Å². The van der Waals surface area contributed by atoms with Gasteiger partial charge in [0.25, 0.3) is 0 Å². The maximum absolute atomic E-state index is 2.41. The molecule has 0 aliphatic rings. The minimum absolute atomic E-state index is 1.09. The van der Waals surface area contributed by atoms with E-state index in [0.717, 1.165) is 12.2 Å². The molecule has 0 amide bonds. The predicted octanol–water partition coefficient (Wildman–Crippen LogP) is 10.4. The second-order valence-electron chi connectivity index (χ2n) is 12.4. The number of rotatable bonds is 10. The average molecular weight is 589 g/mol. The molecule has 6 aromatic rings. The molecule has 45 heavy (non-hydrogen) atoms. The summed E-state index contributed by atoms with van der Waals surface area (Å²) in [4.78, 5) is 0. The van der Waals surface area contributed by atoms with Crippen molar-refractivity contribution in [2.24, 2.45) is 0 Å². The molecule has 2 heterocycles. The number of hydrogen-bond donors (Lipinski definition) is 0. The third-order valence-electron chi connectivity index (χ3n) is 8.77. The summed E-state index contributed by atoms with van der Waals surface area (Å²) in [5.74, 6) is 0. The largest absolute Gasteiger partial charge is 0.219 e. The number of nitrogens with zero attached hydrogens (tertiary/aromatic N) is 2. The van der Waals surface area contributed by atoms with Gasteiger partial charge in [-0.2, -0.15) is 4.57 Å². The second kappa shape index (κ2) is 13.9. The first-order chi connectivity index (χ1) is 22.0. The molecule has 0 aliphatic carbocycles. The molecule has 0 radical (unpaired) electrons. The van der Waals surface area contributed by atoms with E-state index in [1.165, 1.54) is 87.1 Å². The molecule has 0 atom stereocenters. The Morgan fingerprint density at radius 1 is 0.422 bits per heavy atom. The molecule has 2 aromatic heterocycles. The van der Waals surface area contributed by atoms with Crippen molar-refractivity contribution in [2.75, 3.05) is 0 Å². The SMILES string of the molecule is CCCCCC[n+]1ccc(-c2ccc(-c3cc(-c4ccc(C)cc4)[n+](-c4ccc(C)cc4)c(-c4ccc(C)cc4)c3)cc2)cc1. The molecule has 0 bridgehead atoms. The molecule has 0 aliphatic heterocycles. The van der Waals surface area contributed by atoms with Gasteiger partial charge in [-0.25, -0.2) is 4.57 Å². The van der Waals surface area contributed by atoms with E-state index in [-0.39, 0.29) is 0 Å². The van der Waals surface area contributed by atoms with Gasteiger partial charge in [-0.05, 0) is 73.7 Å². The monoisotopic (exact) mass is 588 g/mol. The zero-order valence-electron chi connectivity index (χ0n) is 27.1. The van der Waals surface area contributed by atoms with Crippen LogP contribution < -0.4 is 9.13 Å². The highest BCUT2D eigenvalue weighted by atomic mass is 15.0. The van der Waals surface area contributed by atoms with Crippen molar-refractivity contribution in [3.63, 3.8) is 0 Å². The van der Waals surface area contributed by atoms with Crippen LogP contribution in [0, 0.1) is 20.8 Å². The Bertz CT molecular complexity index is 1780. The summed E-state index contributed by atoms with van der Waals surface area (Å²) in [7, 11) is 0. The Labute approximate surface area is 269 Å². The summed E-state index contributed by atoms with van der Waals surface area (Å²) in [6.07, 6.45) is 9.57. The number of aryl methyl sites for hydroxylation is 4. The number of hydrogen-bond acceptors (Lipinski definition) is 0. The number of pyridine rings is 2. The van der Waals surface area contributed by atoms with E-state index in [1.807, 2.05) is 0 Å². The van der Waals surface area contributed by atoms with E-state index >= 15 is 0 Å². The maximum atomic E-state index is 2.41. The predicted molar refractivity (Wildman–Crippen MR) is 188 cm³/mol. The highest BCUT2D eigenvalue weighted by Crippen LogP contribution is 2.32. The summed E-state index contributed by atoms with van der Waals surface area (Å²) in [6.45, 7) is 9.78. The fourth-order valence-electron chi connectivity index (χ4n) is 5.98. The molecule has 0 saturated carbocycles. The molecule has 6 rings (SSSR count). The first kappa shape index (κ1) is 30.2. The fourth-order valence-corrected chi connectivity index (χ4v) is 5.98. The average Bonchev–Trinajstić information content (AvgIpc) is 3.08. The summed E-state index contributed by atoms with van der Waals surface area (Å²) >= 11 is 0. The van der Waals surface area contributed by atoms with Gasteiger partial charge >= 0.3 is 0 Å². The molecule has 2 nitrogen and oxygen atoms in total. The van der Waals surface area contributed by atoms with E-state index in [4.69, 9.17) is 0 Å². The van der Waals surface area contributed by atoms with Gasteiger partial charge in [-0.3, -0.25) is 0 Å². The first-order valence-electron chi connectivity index (χ1n) is 16.4. The third kappa shape index (κ3) is 7.13. The third-order valence-corrected chi connectivity index (χ3v) is 8.77. The Morgan fingerprint density at radius 3 is 1.33 bits per heavy atom. The molecule has 224 valence electrons. The lowest BCUT2D eigenvalue weighted by molar-refractivity contribution is -0.697. The smallest absolute Gasteiger partial charge is 0.205 e. The van der Waals surface area contributed by atoms with E-state index in [0.29, 0.717) is 0 Å². The number of benzene rings is 4. The Kier molecular flexibility index (Phi) is 9.31. The van der Waals surface area contributed by atoms with E-state index in [1.54, 1.807) is 0 Å². The lowest BCUT2D eigenvalue weighted by atomic mass is 9.96. The van der Waals surface area contributed by atoms with Gasteiger partial charge in [-0.15, -0.1) is 0 Å². The molecule has 2 heteroatoms. The van der Waals surface area contributed by atoms with Crippen molar-refractivity contribution in [3.05, 3.63) is 150 Å². The van der Waals surface area contributed by atoms with Gasteiger partial charge in [0.15, 0.2) is 12.4 Å². The van der Waals surface area contributed by atoms with Crippen LogP contribution in [0.25, 0.3) is 50.5 Å². The quantitative estimate of drug-likeness (QED) is 0.111. The van der Waals surface area contributed by atoms with Gasteiger partial charge < -0.3 is 0 Å². The highest BCUT2D eigenvalue weighted by molar-refractivity contribution is 5.76. The van der Waals surface area contributed by atoms with Crippen LogP contribution in [0.1, 0.15) is 49.3 Å². The summed E-state index contributed by atoms with van der Waals surface area (Å²) in [5.41, 5.74) is 14.5. The van der Waals surface area contributed by atoms with Crippen molar-refractivity contribution in [3.8, 4) is 50.5 Å². The van der Waals surface area contributed by atoms with E-state index in [9.17, 15) is 0 Å². The Hall–Kier alpha value is -4.82. The standard InChI is InChI=1S/C43H44N2/c1-5-6-7-8-27-44-28-25-37(26-29-44)35-19-21-36(22-20-35)40-30-42(38-15-9-32(2)10-16-38)45(41-23-13-34(4)14-24-41)43(31-40)39-17-11-33(3)12-18-39/h9-26,28-31H,5-8,27H2,1-4H3/q+2. The normalized spacial score (nSPS) is 11.1. The molecule has 0 N–H and O–H groups in total. The minimum atomic E-state index is 1.09. The van der Waals surface area contributed by atoms with Gasteiger partial charge in [0, 0.05) is 53.9 Å². The number of unbranched alkanes of at least 4 members (excludes halogenated alkanes) is 3. The molecule has 0 saturated heterocycles. The lowest BCUT2D eigenvalue weighted by Gasteiger charge is -2.13. The first-order valence-corrected chi connectivity index (χ1v) is 16.4. The zero-order chi connectivity index (χ0) is 31.2. The summed E-state index contributed by atoms with van der Waals surface area (Å²) in [6, 6.07) is 44.9. The molecular formula is C43H44N2+2. The molecular weight excluding hydrogens is 544 g/mol. The van der Waals surface area contributed by atoms with Crippen molar-refractivity contribution in [1.29, 1.82) is 0 Å². The van der Waals surface area contributed by atoms with E-state index < -0.39 is 0 Å². The van der Waals surface area contributed by atoms with Crippen molar-refractivity contribution < 1.29 is 9.13 Å². The van der Waals surface area contributed by atoms with Crippen LogP contribution in [-0.4, -0.2) is 0 Å². The Morgan fingerprint density at radius 2 is 0.844 bits per heavy atom. The topological polar surface area (TPSA) is 7.76 Å². The second-order valence-corrected chi connectivity index (χ2v) is 12.4. The lowest BCUT2D eigenvalue weighted by Crippen LogP contribution is -2.36. The highest BCUT2D eigenvalue weighted by Gasteiger charge is 2.25. The number of aromatic nitrogens is 2. The van der Waals surface area contributed by atoms with E-state index in [2.05, 4.69) is 171 Å². The van der Waals surface area contributed by atoms with Crippen LogP contribution in [-0.2, 0) is 6.54 Å². The minimum Gasteiger partial charge on any atom is -0.205 e. The van der Waals surface area contributed by atoms with Gasteiger partial charge in [-0.1, -0.05) is 97.1 Å². The molecule has 0 spiro atoms. The molecule has 0 fully saturated rings. The molecule has 4 aromatic carbocycles. The van der Waals surface area contributed by atoms with Crippen LogP contribution >= 0.6 is 0 Å². The van der Waals surface area contributed by atoms with Gasteiger partial charge in [0.2, 0.25) is 17.1 Å². The Balaban J connectivity index is 1.43. The van der Waals surface area contributed by atoms with Crippen LogP contribution in [0.3, 0.4) is 0 Å². The van der Waals surface area contributed by atoms with Crippen LogP contribution in [0.15, 0.2) is 134 Å². The van der Waals surface area contributed by atoms with Crippen LogP contribution in [0.4, 0.5) is 0 Å². The van der Waals surface area contributed by atoms with Crippen LogP contribution in [0.2, 0.25) is 0 Å². The van der Waals surface area contributed by atoms with Crippen molar-refractivity contribution in [2.45, 2.75) is 59.9 Å². The van der Waals surface area contributed by atoms with Crippen molar-refractivity contribution in [1.82, 2.24) is 0 Å². The van der Waals surface area contributed by atoms with Gasteiger partial charge in [0.1, 0.15) is 6.54 Å². The fraction of sp³-hybridized carbons (Fsp3) is 0.209. The zero-order valence-corrected chi connectivity index (χ0v) is 27.1. The summed E-state index contributed by atoms with van der Waals surface area (Å²) < 4.78 is 4.72. The molecule has 0 unspecified atom stereocenters. The summed E-state index contributed by atoms with van der Waals surface area (Å²) in [5, 5.41) is 0.